The summed E-state index contributed by atoms with van der Waals surface area (Å²) in [5.41, 5.74) is 5.09. The number of aromatic nitrogens is 2. The van der Waals surface area contributed by atoms with Gasteiger partial charge in [0.15, 0.2) is 0 Å². The smallest absolute Gasteiger partial charge is 0.139 e. The van der Waals surface area contributed by atoms with Crippen LogP contribution in [0, 0.1) is 19.8 Å². The maximum absolute atomic E-state index is 11.4. The molecule has 2 aromatic heterocycles. The number of rotatable bonds is 7. The molecule has 2 heterocycles. The molecule has 0 radical (unpaired) electrons. The lowest BCUT2D eigenvalue weighted by Gasteiger charge is -2.23. The van der Waals surface area contributed by atoms with Crippen LogP contribution in [0.1, 0.15) is 36.1 Å². The van der Waals surface area contributed by atoms with Crippen molar-refractivity contribution in [3.05, 3.63) is 71.3 Å². The molecular weight excluding hydrogens is 472 g/mol. The first-order chi connectivity index (χ1) is 17.3. The third kappa shape index (κ3) is 4.72. The van der Waals surface area contributed by atoms with Crippen molar-refractivity contribution < 1.29 is 15.0 Å². The van der Waals surface area contributed by atoms with Crippen molar-refractivity contribution in [1.82, 2.24) is 9.97 Å². The molecule has 36 heavy (non-hydrogen) atoms. The number of carbonyl (C=O) groups is 1. The molecule has 4 aromatic rings. The maximum atomic E-state index is 11.4. The Morgan fingerprint density at radius 3 is 2.50 bits per heavy atom. The first-order valence-electron chi connectivity index (χ1n) is 12.1. The lowest BCUT2D eigenvalue weighted by atomic mass is 10.1. The van der Waals surface area contributed by atoms with Crippen LogP contribution in [0.3, 0.4) is 0 Å². The number of nitrogens with zero attached hydrogens (tertiary/aromatic N) is 2. The van der Waals surface area contributed by atoms with Gasteiger partial charge in [-0.05, 0) is 56.5 Å². The number of pyridine rings is 1. The van der Waals surface area contributed by atoms with Gasteiger partial charge in [0, 0.05) is 12.0 Å². The quantitative estimate of drug-likeness (QED) is 0.267. The number of aliphatic hydroxyl groups is 2. The molecule has 0 saturated heterocycles. The summed E-state index contributed by atoms with van der Waals surface area (Å²) >= 11 is 1.58. The van der Waals surface area contributed by atoms with Crippen molar-refractivity contribution in [2.24, 2.45) is 5.92 Å². The molecule has 1 saturated carbocycles. The van der Waals surface area contributed by atoms with Crippen LogP contribution in [-0.2, 0) is 4.79 Å². The number of hydrogen-bond donors (Lipinski definition) is 4. The summed E-state index contributed by atoms with van der Waals surface area (Å²) in [7, 11) is 0. The van der Waals surface area contributed by atoms with E-state index < -0.39 is 24.2 Å². The van der Waals surface area contributed by atoms with Crippen LogP contribution in [0.5, 0.6) is 0 Å². The number of anilines is 2. The summed E-state index contributed by atoms with van der Waals surface area (Å²) in [5, 5.41) is 28.6. The highest BCUT2D eigenvalue weighted by Crippen LogP contribution is 2.39. The Bertz CT molecular complexity index is 1350. The fourth-order valence-electron chi connectivity index (χ4n) is 4.78. The van der Waals surface area contributed by atoms with Gasteiger partial charge in [-0.25, -0.2) is 9.97 Å². The van der Waals surface area contributed by atoms with Crippen LogP contribution in [0.4, 0.5) is 11.6 Å². The van der Waals surface area contributed by atoms with Gasteiger partial charge in [-0.3, -0.25) is 0 Å². The van der Waals surface area contributed by atoms with Gasteiger partial charge in [0.05, 0.1) is 27.9 Å². The molecule has 0 spiro atoms. The summed E-state index contributed by atoms with van der Waals surface area (Å²) in [4.78, 5) is 21.1. The second-order valence-electron chi connectivity index (χ2n) is 9.58. The van der Waals surface area contributed by atoms with Gasteiger partial charge in [0.25, 0.3) is 0 Å². The van der Waals surface area contributed by atoms with Gasteiger partial charge in [-0.15, -0.1) is 11.3 Å². The Balaban J connectivity index is 1.53. The molecule has 0 amide bonds. The molecule has 8 heteroatoms. The fourth-order valence-corrected chi connectivity index (χ4v) is 5.86. The van der Waals surface area contributed by atoms with Crippen LogP contribution in [-0.4, -0.2) is 44.7 Å². The van der Waals surface area contributed by atoms with E-state index in [4.69, 9.17) is 9.97 Å². The molecule has 0 bridgehead atoms. The van der Waals surface area contributed by atoms with E-state index >= 15 is 0 Å². The van der Waals surface area contributed by atoms with Gasteiger partial charge >= 0.3 is 0 Å². The summed E-state index contributed by atoms with van der Waals surface area (Å²) in [6.07, 6.45) is -1.14. The third-order valence-corrected chi connectivity index (χ3v) is 7.94. The van der Waals surface area contributed by atoms with E-state index in [9.17, 15) is 15.0 Å². The van der Waals surface area contributed by atoms with E-state index in [1.54, 1.807) is 11.3 Å². The molecule has 1 fully saturated rings. The average molecular weight is 503 g/mol. The van der Waals surface area contributed by atoms with Gasteiger partial charge in [-0.2, -0.15) is 0 Å². The predicted octanol–water partition coefficient (Wildman–Crippen LogP) is 4.87. The minimum Gasteiger partial charge on any atom is -0.390 e. The zero-order chi connectivity index (χ0) is 25.4. The van der Waals surface area contributed by atoms with E-state index in [0.717, 1.165) is 31.9 Å². The SMILES string of the molecule is Cc1ccc(C(C)Nc2cc(C)c(-c3nc4ccccc4s3)c(NC3CC(C=O)C(O)C3O)n2)cc1. The number of carbonyl (C=O) groups excluding carboxylic acids is 1. The Kier molecular flexibility index (Phi) is 6.75. The van der Waals surface area contributed by atoms with Gasteiger partial charge in [0.2, 0.25) is 0 Å². The number of benzene rings is 2. The Hall–Kier alpha value is -3.33. The monoisotopic (exact) mass is 502 g/mol. The number of aryl methyl sites for hydroxylation is 2. The van der Waals surface area contributed by atoms with Crippen LogP contribution in [0.2, 0.25) is 0 Å². The predicted molar refractivity (Wildman–Crippen MR) is 144 cm³/mol. The highest BCUT2D eigenvalue weighted by Gasteiger charge is 2.42. The van der Waals surface area contributed by atoms with E-state index in [0.29, 0.717) is 24.3 Å². The van der Waals surface area contributed by atoms with E-state index in [2.05, 4.69) is 48.7 Å². The zero-order valence-corrected chi connectivity index (χ0v) is 21.3. The normalized spacial score (nSPS) is 22.5. The number of fused-ring (bicyclic) bond motifs is 1. The molecule has 7 nitrogen and oxygen atoms in total. The lowest BCUT2D eigenvalue weighted by Crippen LogP contribution is -2.35. The highest BCUT2D eigenvalue weighted by atomic mass is 32.1. The molecular formula is C28H30N4O3S. The van der Waals surface area contributed by atoms with Crippen LogP contribution in [0.25, 0.3) is 20.8 Å². The first-order valence-corrected chi connectivity index (χ1v) is 12.9. The number of para-hydroxylation sites is 1. The van der Waals surface area contributed by atoms with Crippen molar-refractivity contribution in [3.63, 3.8) is 0 Å². The van der Waals surface area contributed by atoms with Crippen molar-refractivity contribution in [2.75, 3.05) is 10.6 Å². The van der Waals surface area contributed by atoms with Crippen LogP contribution in [0.15, 0.2) is 54.6 Å². The summed E-state index contributed by atoms with van der Waals surface area (Å²) in [5.74, 6) is 0.635. The molecule has 5 atom stereocenters. The molecule has 1 aliphatic rings. The second-order valence-corrected chi connectivity index (χ2v) is 10.6. The first kappa shape index (κ1) is 24.4. The highest BCUT2D eigenvalue weighted by molar-refractivity contribution is 7.21. The zero-order valence-electron chi connectivity index (χ0n) is 20.5. The number of thiazole rings is 1. The molecule has 0 aliphatic heterocycles. The number of aldehydes is 1. The standard InChI is InChI=1S/C28H30N4O3S/c1-15-8-10-18(11-9-15)17(3)29-23-12-16(2)24(28-31-20-6-4-5-7-22(20)36-28)27(32-23)30-21-13-19(14-33)25(34)26(21)35/h4-12,14,17,19,21,25-26,34-35H,13H2,1-3H3,(H2,29,30,32). The van der Waals surface area contributed by atoms with E-state index in [1.807, 2.05) is 37.3 Å². The lowest BCUT2D eigenvalue weighted by molar-refractivity contribution is -0.114. The van der Waals surface area contributed by atoms with Crippen molar-refractivity contribution in [3.8, 4) is 10.6 Å². The Labute approximate surface area is 214 Å². The summed E-state index contributed by atoms with van der Waals surface area (Å²) < 4.78 is 1.07. The van der Waals surface area contributed by atoms with E-state index in [1.165, 1.54) is 5.56 Å². The topological polar surface area (TPSA) is 107 Å². The molecule has 1 aliphatic carbocycles. The third-order valence-electron chi connectivity index (χ3n) is 6.89. The van der Waals surface area contributed by atoms with Crippen LogP contribution >= 0.6 is 11.3 Å². The largest absolute Gasteiger partial charge is 0.390 e. The number of nitrogens with one attached hydrogen (secondary N) is 2. The molecule has 186 valence electrons. The fraction of sp³-hybridized carbons (Fsp3) is 0.321. The Morgan fingerprint density at radius 1 is 1.06 bits per heavy atom. The maximum Gasteiger partial charge on any atom is 0.139 e. The average Bonchev–Trinajstić information content (AvgIpc) is 3.40. The summed E-state index contributed by atoms with van der Waals surface area (Å²) in [6, 6.07) is 17.9. The number of hydrogen-bond acceptors (Lipinski definition) is 8. The van der Waals surface area contributed by atoms with Gasteiger partial charge in [0.1, 0.15) is 29.0 Å². The van der Waals surface area contributed by atoms with Crippen LogP contribution < -0.4 is 10.6 Å². The van der Waals surface area contributed by atoms with Crippen molar-refractivity contribution in [2.45, 2.75) is 51.5 Å². The minimum absolute atomic E-state index is 0.0250. The molecule has 5 rings (SSSR count). The van der Waals surface area contributed by atoms with Crippen molar-refractivity contribution in [1.29, 1.82) is 0 Å². The summed E-state index contributed by atoms with van der Waals surface area (Å²) in [6.45, 7) is 6.17. The minimum atomic E-state index is -1.10. The van der Waals surface area contributed by atoms with Crippen molar-refractivity contribution >= 4 is 39.5 Å². The van der Waals surface area contributed by atoms with Gasteiger partial charge in [-0.1, -0.05) is 42.0 Å². The molecule has 4 N–H and O–H groups in total. The number of aliphatic hydroxyl groups excluding tert-OH is 2. The second kappa shape index (κ2) is 9.97. The van der Waals surface area contributed by atoms with Gasteiger partial charge < -0.3 is 25.6 Å². The Morgan fingerprint density at radius 2 is 1.81 bits per heavy atom. The molecule has 5 unspecified atom stereocenters. The molecule has 2 aromatic carbocycles. The van der Waals surface area contributed by atoms with E-state index in [-0.39, 0.29) is 6.04 Å².